The van der Waals surface area contributed by atoms with Crippen LogP contribution >= 0.6 is 0 Å². The Hall–Kier alpha value is -2.57. The molecule has 1 heterocycles. The predicted octanol–water partition coefficient (Wildman–Crippen LogP) is 2.67. The molecule has 2 rings (SSSR count). The number of hydrogen-bond donors (Lipinski definition) is 1. The van der Waals surface area contributed by atoms with Crippen LogP contribution in [0.1, 0.15) is 17.3 Å². The molecule has 1 atom stereocenters. The van der Waals surface area contributed by atoms with Crippen LogP contribution in [0.3, 0.4) is 0 Å². The largest absolute Gasteiger partial charge is 0.327 e. The van der Waals surface area contributed by atoms with Crippen molar-refractivity contribution in [3.8, 4) is 0 Å². The summed E-state index contributed by atoms with van der Waals surface area (Å²) in [4.78, 5) is 21.5. The molecule has 2 amide bonds. The number of alkyl halides is 2. The number of benzene rings is 1. The molecule has 2 aromatic rings. The van der Waals surface area contributed by atoms with E-state index in [2.05, 4.69) is 15.3 Å². The number of hydrogen-bond acceptors (Lipinski definition) is 3. The standard InChI is InChI=1S/C16H18F2N4O/c1-22(10-7-13-11-19-8-9-20-13)16(23)21-14(15(17)18)12-5-3-2-4-6-12/h2-6,8-9,11,14-15H,7,10H2,1H3,(H,21,23)/t14-/m0/s1. The second-order valence-corrected chi connectivity index (χ2v) is 5.04. The van der Waals surface area contributed by atoms with E-state index in [-0.39, 0.29) is 0 Å². The number of carbonyl (C=O) groups excluding carboxylic acids is 1. The van der Waals surface area contributed by atoms with Crippen molar-refractivity contribution in [2.45, 2.75) is 18.9 Å². The van der Waals surface area contributed by atoms with Gasteiger partial charge in [0.15, 0.2) is 0 Å². The van der Waals surface area contributed by atoms with E-state index < -0.39 is 18.5 Å². The molecule has 0 saturated carbocycles. The van der Waals surface area contributed by atoms with Crippen molar-refractivity contribution in [3.63, 3.8) is 0 Å². The minimum absolute atomic E-state index is 0.356. The smallest absolute Gasteiger partial charge is 0.317 e. The Bertz CT molecular complexity index is 610. The van der Waals surface area contributed by atoms with Gasteiger partial charge in [0, 0.05) is 38.6 Å². The number of carbonyl (C=O) groups is 1. The average molecular weight is 320 g/mol. The summed E-state index contributed by atoms with van der Waals surface area (Å²) in [6.45, 7) is 0.356. The SMILES string of the molecule is CN(CCc1cnccn1)C(=O)N[C@@H](c1ccccc1)C(F)F. The lowest BCUT2D eigenvalue weighted by atomic mass is 10.1. The minimum Gasteiger partial charge on any atom is -0.327 e. The minimum atomic E-state index is -2.69. The fourth-order valence-electron chi connectivity index (χ4n) is 2.04. The zero-order valence-corrected chi connectivity index (χ0v) is 12.7. The maximum atomic E-state index is 13.2. The van der Waals surface area contributed by atoms with Gasteiger partial charge in [-0.25, -0.2) is 13.6 Å². The number of halogens is 2. The molecule has 5 nitrogen and oxygen atoms in total. The molecule has 1 aromatic heterocycles. The average Bonchev–Trinajstić information content (AvgIpc) is 2.58. The van der Waals surface area contributed by atoms with Crippen molar-refractivity contribution < 1.29 is 13.6 Å². The highest BCUT2D eigenvalue weighted by atomic mass is 19.3. The Balaban J connectivity index is 1.93. The summed E-state index contributed by atoms with van der Waals surface area (Å²) in [5.74, 6) is 0. The molecule has 0 spiro atoms. The van der Waals surface area contributed by atoms with Crippen molar-refractivity contribution >= 4 is 6.03 Å². The van der Waals surface area contributed by atoms with Crippen LogP contribution in [-0.4, -0.2) is 40.9 Å². The number of nitrogens with zero attached hydrogens (tertiary/aromatic N) is 3. The predicted molar refractivity (Wildman–Crippen MR) is 82.1 cm³/mol. The topological polar surface area (TPSA) is 58.1 Å². The Kier molecular flexibility index (Phi) is 5.96. The summed E-state index contributed by atoms with van der Waals surface area (Å²) >= 11 is 0. The number of nitrogens with one attached hydrogen (secondary N) is 1. The van der Waals surface area contributed by atoms with Crippen LogP contribution in [0.5, 0.6) is 0 Å². The van der Waals surface area contributed by atoms with Crippen molar-refractivity contribution in [1.82, 2.24) is 20.2 Å². The van der Waals surface area contributed by atoms with Crippen LogP contribution in [-0.2, 0) is 6.42 Å². The monoisotopic (exact) mass is 320 g/mol. The third-order valence-electron chi connectivity index (χ3n) is 3.36. The second kappa shape index (κ2) is 8.17. The first-order chi connectivity index (χ1) is 11.1. The molecule has 0 aliphatic carbocycles. The Morgan fingerprint density at radius 1 is 1.26 bits per heavy atom. The van der Waals surface area contributed by atoms with Crippen LogP contribution in [0.2, 0.25) is 0 Å². The summed E-state index contributed by atoms with van der Waals surface area (Å²) in [5.41, 5.74) is 1.11. The van der Waals surface area contributed by atoms with Crippen LogP contribution in [0, 0.1) is 0 Å². The van der Waals surface area contributed by atoms with Gasteiger partial charge < -0.3 is 10.2 Å². The molecule has 0 unspecified atom stereocenters. The second-order valence-electron chi connectivity index (χ2n) is 5.04. The van der Waals surface area contributed by atoms with Crippen LogP contribution in [0.15, 0.2) is 48.9 Å². The third-order valence-corrected chi connectivity index (χ3v) is 3.36. The van der Waals surface area contributed by atoms with E-state index >= 15 is 0 Å². The fourth-order valence-corrected chi connectivity index (χ4v) is 2.04. The van der Waals surface area contributed by atoms with Crippen LogP contribution in [0.4, 0.5) is 13.6 Å². The number of likely N-dealkylation sites (N-methyl/N-ethyl adjacent to an activating group) is 1. The first-order valence-corrected chi connectivity index (χ1v) is 7.17. The maximum absolute atomic E-state index is 13.2. The molecule has 0 radical (unpaired) electrons. The maximum Gasteiger partial charge on any atom is 0.317 e. The van der Waals surface area contributed by atoms with Crippen molar-refractivity contribution in [2.24, 2.45) is 0 Å². The lowest BCUT2D eigenvalue weighted by Gasteiger charge is -2.23. The molecule has 122 valence electrons. The normalized spacial score (nSPS) is 12.0. The highest BCUT2D eigenvalue weighted by Crippen LogP contribution is 2.20. The molecule has 0 aliphatic rings. The molecule has 1 aromatic carbocycles. The fraction of sp³-hybridized carbons (Fsp3) is 0.312. The summed E-state index contributed by atoms with van der Waals surface area (Å²) in [6, 6.07) is 6.31. The zero-order chi connectivity index (χ0) is 16.7. The van der Waals surface area contributed by atoms with Gasteiger partial charge in [-0.1, -0.05) is 30.3 Å². The molecule has 0 saturated heterocycles. The first kappa shape index (κ1) is 16.8. The Morgan fingerprint density at radius 2 is 2.00 bits per heavy atom. The van der Waals surface area contributed by atoms with Gasteiger partial charge in [0.1, 0.15) is 6.04 Å². The Morgan fingerprint density at radius 3 is 2.61 bits per heavy atom. The van der Waals surface area contributed by atoms with E-state index in [9.17, 15) is 13.6 Å². The molecular weight excluding hydrogens is 302 g/mol. The number of aromatic nitrogens is 2. The van der Waals surface area contributed by atoms with Crippen LogP contribution in [0.25, 0.3) is 0 Å². The summed E-state index contributed by atoms with van der Waals surface area (Å²) in [6.07, 6.45) is 2.56. The highest BCUT2D eigenvalue weighted by molar-refractivity contribution is 5.74. The van der Waals surface area contributed by atoms with E-state index in [0.717, 1.165) is 5.69 Å². The van der Waals surface area contributed by atoms with Gasteiger partial charge in [-0.3, -0.25) is 9.97 Å². The van der Waals surface area contributed by atoms with Crippen LogP contribution < -0.4 is 5.32 Å². The lowest BCUT2D eigenvalue weighted by molar-refractivity contribution is 0.0976. The van der Waals surface area contributed by atoms with Crippen molar-refractivity contribution in [3.05, 3.63) is 60.2 Å². The molecule has 0 fully saturated rings. The van der Waals surface area contributed by atoms with E-state index in [4.69, 9.17) is 0 Å². The van der Waals surface area contributed by atoms with E-state index in [0.29, 0.717) is 18.5 Å². The number of urea groups is 1. The van der Waals surface area contributed by atoms with Gasteiger partial charge in [0.05, 0.1) is 5.69 Å². The number of amides is 2. The van der Waals surface area contributed by atoms with Crippen molar-refractivity contribution in [1.29, 1.82) is 0 Å². The van der Waals surface area contributed by atoms with Gasteiger partial charge >= 0.3 is 6.03 Å². The van der Waals surface area contributed by atoms with Crippen molar-refractivity contribution in [2.75, 3.05) is 13.6 Å². The first-order valence-electron chi connectivity index (χ1n) is 7.17. The van der Waals surface area contributed by atoms with E-state index in [1.54, 1.807) is 56.0 Å². The molecular formula is C16H18F2N4O. The van der Waals surface area contributed by atoms with Gasteiger partial charge in [-0.05, 0) is 5.56 Å². The highest BCUT2D eigenvalue weighted by Gasteiger charge is 2.25. The van der Waals surface area contributed by atoms with Gasteiger partial charge in [-0.15, -0.1) is 0 Å². The van der Waals surface area contributed by atoms with Gasteiger partial charge in [-0.2, -0.15) is 0 Å². The number of rotatable bonds is 6. The molecule has 0 aliphatic heterocycles. The summed E-state index contributed by atoms with van der Waals surface area (Å²) in [5, 5.41) is 2.37. The molecule has 1 N–H and O–H groups in total. The molecule has 23 heavy (non-hydrogen) atoms. The zero-order valence-electron chi connectivity index (χ0n) is 12.7. The molecule has 7 heteroatoms. The van der Waals surface area contributed by atoms with Gasteiger partial charge in [0.2, 0.25) is 0 Å². The summed E-state index contributed by atoms with van der Waals surface area (Å²) < 4.78 is 26.4. The van der Waals surface area contributed by atoms with E-state index in [1.165, 1.54) is 4.90 Å². The van der Waals surface area contributed by atoms with Gasteiger partial charge in [0.25, 0.3) is 6.43 Å². The lowest BCUT2D eigenvalue weighted by Crippen LogP contribution is -2.42. The Labute approximate surface area is 133 Å². The molecule has 0 bridgehead atoms. The summed E-state index contributed by atoms with van der Waals surface area (Å²) in [7, 11) is 1.55. The quantitative estimate of drug-likeness (QED) is 0.890. The van der Waals surface area contributed by atoms with E-state index in [1.807, 2.05) is 0 Å². The third kappa shape index (κ3) is 4.98.